The third-order valence-electron chi connectivity index (χ3n) is 6.96. The second-order valence-corrected chi connectivity index (χ2v) is 10.2. The number of hydrogen-bond acceptors (Lipinski definition) is 2. The van der Waals surface area contributed by atoms with Crippen LogP contribution in [0.1, 0.15) is 11.1 Å². The van der Waals surface area contributed by atoms with E-state index < -0.39 is 5.41 Å². The van der Waals surface area contributed by atoms with E-state index in [1.165, 1.54) is 31.9 Å². The zero-order valence-electron chi connectivity index (χ0n) is 17.9. The first kappa shape index (κ1) is 18.6. The largest absolute Gasteiger partial charge is 0.256 e. The molecule has 7 rings (SSSR count). The molecule has 5 aromatic rings. The summed E-state index contributed by atoms with van der Waals surface area (Å²) in [5.74, 6) is 0. The van der Waals surface area contributed by atoms with Crippen LogP contribution in [0.15, 0.2) is 121 Å². The van der Waals surface area contributed by atoms with E-state index in [1.54, 1.807) is 0 Å². The topological polar surface area (TPSA) is 25.8 Å². The first-order chi connectivity index (χ1) is 16.4. The molecule has 33 heavy (non-hydrogen) atoms. The maximum absolute atomic E-state index is 4.90. The van der Waals surface area contributed by atoms with E-state index in [1.807, 2.05) is 24.5 Å². The molecular weight excluding hydrogens is 416 g/mol. The van der Waals surface area contributed by atoms with Crippen LogP contribution >= 0.6 is 0 Å². The average molecular weight is 437 g/mol. The van der Waals surface area contributed by atoms with E-state index in [0.29, 0.717) is 0 Å². The van der Waals surface area contributed by atoms with E-state index in [2.05, 4.69) is 91.0 Å². The second kappa shape index (κ2) is 7.02. The quantitative estimate of drug-likeness (QED) is 0.361. The molecule has 0 unspecified atom stereocenters. The van der Waals surface area contributed by atoms with Crippen molar-refractivity contribution in [2.24, 2.45) is 0 Å². The highest BCUT2D eigenvalue weighted by Crippen LogP contribution is 2.49. The third kappa shape index (κ3) is 2.57. The lowest BCUT2D eigenvalue weighted by atomic mass is 9.65. The van der Waals surface area contributed by atoms with Crippen LogP contribution in [-0.2, 0) is 5.41 Å². The normalized spacial score (nSPS) is 15.8. The van der Waals surface area contributed by atoms with Crippen molar-refractivity contribution in [3.8, 4) is 0 Å². The van der Waals surface area contributed by atoms with Crippen molar-refractivity contribution in [3.05, 3.63) is 142 Å². The fourth-order valence-corrected chi connectivity index (χ4v) is 7.31. The van der Waals surface area contributed by atoms with Gasteiger partial charge in [-0.1, -0.05) is 91.0 Å². The fourth-order valence-electron chi connectivity index (χ4n) is 5.64. The standard InChI is InChI=1S/C30H20N2Si/c1-2-15-25-22(12-1)27-26(33-25)16-5-17-30(27,23-13-3-8-20-10-6-18-31-28(20)23)24-14-4-9-21-11-7-19-32-29(21)24/h1-19,33H. The van der Waals surface area contributed by atoms with Gasteiger partial charge >= 0.3 is 0 Å². The molecular formula is C30H20N2Si. The Hall–Kier alpha value is -3.95. The minimum absolute atomic E-state index is 0.0502. The van der Waals surface area contributed by atoms with Crippen LogP contribution in [0.5, 0.6) is 0 Å². The Bertz CT molecular complexity index is 1690. The number of benzene rings is 3. The zero-order valence-corrected chi connectivity index (χ0v) is 19.1. The van der Waals surface area contributed by atoms with E-state index >= 15 is 0 Å². The van der Waals surface area contributed by atoms with Gasteiger partial charge in [0.2, 0.25) is 0 Å². The minimum atomic E-state index is -0.467. The summed E-state index contributed by atoms with van der Waals surface area (Å²) in [6, 6.07) is 30.4. The molecule has 154 valence electrons. The van der Waals surface area contributed by atoms with Crippen molar-refractivity contribution in [1.82, 2.24) is 9.97 Å². The van der Waals surface area contributed by atoms with Crippen molar-refractivity contribution in [1.29, 1.82) is 0 Å². The Balaban J connectivity index is 1.73. The van der Waals surface area contributed by atoms with Gasteiger partial charge in [0.15, 0.2) is 0 Å². The van der Waals surface area contributed by atoms with E-state index in [9.17, 15) is 0 Å². The third-order valence-corrected chi connectivity index (χ3v) is 8.57. The van der Waals surface area contributed by atoms with Gasteiger partial charge < -0.3 is 0 Å². The zero-order chi connectivity index (χ0) is 21.8. The van der Waals surface area contributed by atoms with E-state index in [-0.39, 0.29) is 9.13 Å². The Kier molecular flexibility index (Phi) is 3.96. The summed E-state index contributed by atoms with van der Waals surface area (Å²) in [6.07, 6.45) is 10.8. The molecule has 0 amide bonds. The number of allylic oxidation sites excluding steroid dienone is 4. The van der Waals surface area contributed by atoms with Crippen LogP contribution in [0, 0.1) is 4.81 Å². The Morgan fingerprint density at radius 2 is 1.27 bits per heavy atom. The summed E-state index contributed by atoms with van der Waals surface area (Å²) in [5, 5.41) is 5.14. The molecule has 3 aromatic carbocycles. The van der Waals surface area contributed by atoms with Crippen molar-refractivity contribution in [3.63, 3.8) is 0 Å². The van der Waals surface area contributed by atoms with Crippen LogP contribution < -0.4 is 5.22 Å². The molecule has 0 spiro atoms. The highest BCUT2D eigenvalue weighted by molar-refractivity contribution is 6.45. The summed E-state index contributed by atoms with van der Waals surface area (Å²) in [7, 11) is 0.0502. The molecule has 0 saturated heterocycles. The maximum Gasteiger partial charge on any atom is 0.0749 e. The first-order valence-electron chi connectivity index (χ1n) is 11.3. The van der Waals surface area contributed by atoms with Crippen LogP contribution in [0.25, 0.3) is 27.4 Å². The number of nitrogens with zero attached hydrogens (tertiary/aromatic N) is 2. The van der Waals surface area contributed by atoms with Gasteiger partial charge in [-0.3, -0.25) is 9.97 Å². The lowest BCUT2D eigenvalue weighted by Gasteiger charge is -2.37. The van der Waals surface area contributed by atoms with E-state index in [0.717, 1.165) is 21.8 Å². The van der Waals surface area contributed by atoms with Gasteiger partial charge in [0, 0.05) is 32.3 Å². The van der Waals surface area contributed by atoms with Gasteiger partial charge in [0.1, 0.15) is 0 Å². The number of pyridine rings is 2. The molecule has 0 radical (unpaired) electrons. The fraction of sp³-hybridized carbons (Fsp3) is 0.0333. The molecule has 3 heteroatoms. The summed E-state index contributed by atoms with van der Waals surface area (Å²) in [4.78, 5) is 11.3. The smallest absolute Gasteiger partial charge is 0.0749 e. The van der Waals surface area contributed by atoms with Gasteiger partial charge in [0.25, 0.3) is 0 Å². The molecule has 0 atom stereocenters. The van der Waals surface area contributed by atoms with Crippen LogP contribution in [0.4, 0.5) is 0 Å². The number of rotatable bonds is 2. The highest BCUT2D eigenvalue weighted by atomic mass is 28.2. The lowest BCUT2D eigenvalue weighted by molar-refractivity contribution is 0.843. The van der Waals surface area contributed by atoms with Gasteiger partial charge in [-0.2, -0.15) is 0 Å². The summed E-state index contributed by atoms with van der Waals surface area (Å²) in [5.41, 5.74) is 5.45. The lowest BCUT2D eigenvalue weighted by Crippen LogP contribution is -2.33. The highest BCUT2D eigenvalue weighted by Gasteiger charge is 2.42. The molecule has 2 aliphatic rings. The molecule has 1 aliphatic carbocycles. The Labute approximate surface area is 193 Å². The van der Waals surface area contributed by atoms with Crippen molar-refractivity contribution < 1.29 is 0 Å². The maximum atomic E-state index is 4.90. The second-order valence-electron chi connectivity index (χ2n) is 8.66. The van der Waals surface area contributed by atoms with Gasteiger partial charge in [-0.25, -0.2) is 0 Å². The summed E-state index contributed by atoms with van der Waals surface area (Å²) < 4.78 is 0. The van der Waals surface area contributed by atoms with Gasteiger partial charge in [-0.15, -0.1) is 0 Å². The Morgan fingerprint density at radius 1 is 0.636 bits per heavy atom. The molecule has 0 fully saturated rings. The molecule has 0 saturated carbocycles. The molecule has 1 aliphatic heterocycles. The van der Waals surface area contributed by atoms with Crippen LogP contribution in [-0.4, -0.2) is 19.1 Å². The molecule has 0 bridgehead atoms. The predicted octanol–water partition coefficient (Wildman–Crippen LogP) is 5.07. The SMILES string of the molecule is C1=CC(c2cccc3cccnc23)(c2cccc3cccnc23)C2=c3ccccc3=[SiH]C2=C1. The van der Waals surface area contributed by atoms with Crippen LogP contribution in [0.3, 0.4) is 0 Å². The molecule has 2 aromatic heterocycles. The number of fused-ring (bicyclic) bond motifs is 4. The van der Waals surface area contributed by atoms with Crippen molar-refractivity contribution in [2.75, 3.05) is 0 Å². The van der Waals surface area contributed by atoms with Gasteiger partial charge in [0.05, 0.1) is 16.4 Å². The Morgan fingerprint density at radius 3 is 1.97 bits per heavy atom. The molecule has 0 N–H and O–H groups in total. The van der Waals surface area contributed by atoms with Crippen molar-refractivity contribution >= 4 is 36.5 Å². The number of para-hydroxylation sites is 2. The first-order valence-corrected chi connectivity index (χ1v) is 12.4. The summed E-state index contributed by atoms with van der Waals surface area (Å²) in [6.45, 7) is 0. The van der Waals surface area contributed by atoms with E-state index in [4.69, 9.17) is 9.97 Å². The predicted molar refractivity (Wildman–Crippen MR) is 137 cm³/mol. The minimum Gasteiger partial charge on any atom is -0.256 e. The van der Waals surface area contributed by atoms with Crippen LogP contribution in [0.2, 0.25) is 0 Å². The average Bonchev–Trinajstić information content (AvgIpc) is 3.27. The van der Waals surface area contributed by atoms with Crippen molar-refractivity contribution in [2.45, 2.75) is 5.41 Å². The summed E-state index contributed by atoms with van der Waals surface area (Å²) >= 11 is 0. The monoisotopic (exact) mass is 436 g/mol. The number of hydrogen-bond donors (Lipinski definition) is 0. The molecule has 2 nitrogen and oxygen atoms in total. The number of aromatic nitrogens is 2. The van der Waals surface area contributed by atoms with Gasteiger partial charge in [-0.05, 0) is 44.1 Å². The molecule has 3 heterocycles.